The maximum Gasteiger partial charge on any atom is 0.257 e. The number of hydrogen-bond acceptors (Lipinski definition) is 4. The molecule has 1 amide bonds. The minimum Gasteiger partial charge on any atom is -0.496 e. The van der Waals surface area contributed by atoms with Crippen LogP contribution in [0.2, 0.25) is 0 Å². The summed E-state index contributed by atoms with van der Waals surface area (Å²) in [5.41, 5.74) is 6.43. The minimum atomic E-state index is -0.533. The second-order valence-corrected chi connectivity index (χ2v) is 4.08. The zero-order chi connectivity index (χ0) is 13.5. The smallest absolute Gasteiger partial charge is 0.257 e. The molecule has 18 heavy (non-hydrogen) atoms. The highest BCUT2D eigenvalue weighted by molar-refractivity contribution is 6.01. The molecular weight excluding hydrogens is 232 g/mol. The molecule has 0 aliphatic rings. The molecule has 0 bridgehead atoms. The fraction of sp³-hybridized carbons (Fsp3) is 0.462. The van der Waals surface area contributed by atoms with Crippen LogP contribution in [0.3, 0.4) is 0 Å². The summed E-state index contributed by atoms with van der Waals surface area (Å²) in [4.78, 5) is 12.0. The third-order valence-electron chi connectivity index (χ3n) is 2.63. The molecule has 0 aliphatic carbocycles. The number of nitrogens with two attached hydrogens (primary N) is 1. The van der Waals surface area contributed by atoms with Gasteiger partial charge < -0.3 is 20.9 Å². The molecule has 0 aliphatic heterocycles. The van der Waals surface area contributed by atoms with Crippen LogP contribution >= 0.6 is 0 Å². The van der Waals surface area contributed by atoms with E-state index in [9.17, 15) is 9.90 Å². The number of ether oxygens (including phenoxy) is 1. The average molecular weight is 252 g/mol. The van der Waals surface area contributed by atoms with Crippen molar-refractivity contribution in [2.75, 3.05) is 19.4 Å². The fourth-order valence-corrected chi connectivity index (χ4v) is 1.70. The van der Waals surface area contributed by atoms with Gasteiger partial charge in [-0.05, 0) is 18.6 Å². The van der Waals surface area contributed by atoms with Crippen molar-refractivity contribution in [1.82, 2.24) is 5.32 Å². The minimum absolute atomic E-state index is 0.212. The Morgan fingerprint density at radius 2 is 2.28 bits per heavy atom. The number of carbonyl (C=O) groups excluding carboxylic acids is 1. The molecule has 0 saturated heterocycles. The lowest BCUT2D eigenvalue weighted by Crippen LogP contribution is -2.32. The summed E-state index contributed by atoms with van der Waals surface area (Å²) >= 11 is 0. The normalized spacial score (nSPS) is 11.9. The second kappa shape index (κ2) is 6.86. The Bertz CT molecular complexity index is 407. The number of amides is 1. The van der Waals surface area contributed by atoms with Gasteiger partial charge >= 0.3 is 0 Å². The largest absolute Gasteiger partial charge is 0.496 e. The van der Waals surface area contributed by atoms with Crippen LogP contribution in [0.25, 0.3) is 0 Å². The molecule has 5 heteroatoms. The summed E-state index contributed by atoms with van der Waals surface area (Å²) in [6, 6.07) is 5.03. The number of hydrogen-bond donors (Lipinski definition) is 3. The van der Waals surface area contributed by atoms with Crippen LogP contribution in [0.1, 0.15) is 30.1 Å². The molecule has 0 aromatic heterocycles. The van der Waals surface area contributed by atoms with Crippen molar-refractivity contribution in [2.24, 2.45) is 0 Å². The molecule has 1 atom stereocenters. The summed E-state index contributed by atoms with van der Waals surface area (Å²) in [5.74, 6) is 0.0950. The Morgan fingerprint density at radius 1 is 1.56 bits per heavy atom. The number of rotatable bonds is 6. The molecule has 1 unspecified atom stereocenters. The van der Waals surface area contributed by atoms with Gasteiger partial charge in [-0.3, -0.25) is 4.79 Å². The molecule has 4 N–H and O–H groups in total. The van der Waals surface area contributed by atoms with Gasteiger partial charge in [0.25, 0.3) is 5.91 Å². The standard InChI is InChI=1S/C13H20N2O3/c1-3-5-9(16)8-15-13(17)12-10(14)6-4-7-11(12)18-2/h4,6-7,9,16H,3,5,8,14H2,1-2H3,(H,15,17). The quantitative estimate of drug-likeness (QED) is 0.663. The van der Waals surface area contributed by atoms with Gasteiger partial charge in [0.2, 0.25) is 0 Å². The van der Waals surface area contributed by atoms with Crippen molar-refractivity contribution in [3.63, 3.8) is 0 Å². The van der Waals surface area contributed by atoms with Crippen LogP contribution in [-0.4, -0.2) is 30.8 Å². The highest BCUT2D eigenvalue weighted by Crippen LogP contribution is 2.23. The fourth-order valence-electron chi connectivity index (χ4n) is 1.70. The first kappa shape index (κ1) is 14.3. The SMILES string of the molecule is CCCC(O)CNC(=O)c1c(N)cccc1OC. The van der Waals surface area contributed by atoms with Crippen LogP contribution in [0.15, 0.2) is 18.2 Å². The average Bonchev–Trinajstić information content (AvgIpc) is 2.36. The summed E-state index contributed by atoms with van der Waals surface area (Å²) in [7, 11) is 1.48. The molecular formula is C13H20N2O3. The summed E-state index contributed by atoms with van der Waals surface area (Å²) in [5, 5.41) is 12.2. The third-order valence-corrected chi connectivity index (χ3v) is 2.63. The van der Waals surface area contributed by atoms with Crippen molar-refractivity contribution in [2.45, 2.75) is 25.9 Å². The summed E-state index contributed by atoms with van der Waals surface area (Å²) < 4.78 is 5.10. The predicted molar refractivity (Wildman–Crippen MR) is 70.7 cm³/mol. The Hall–Kier alpha value is -1.75. The van der Waals surface area contributed by atoms with Gasteiger partial charge in [0, 0.05) is 12.2 Å². The van der Waals surface area contributed by atoms with Crippen LogP contribution in [0.5, 0.6) is 5.75 Å². The van der Waals surface area contributed by atoms with E-state index < -0.39 is 6.10 Å². The number of nitrogens with one attached hydrogen (secondary N) is 1. The number of anilines is 1. The van der Waals surface area contributed by atoms with Crippen LogP contribution in [-0.2, 0) is 0 Å². The number of benzene rings is 1. The van der Waals surface area contributed by atoms with E-state index >= 15 is 0 Å². The maximum absolute atomic E-state index is 12.0. The first-order valence-electron chi connectivity index (χ1n) is 5.98. The van der Waals surface area contributed by atoms with Gasteiger partial charge in [-0.1, -0.05) is 19.4 Å². The van der Waals surface area contributed by atoms with Gasteiger partial charge in [-0.15, -0.1) is 0 Å². The first-order valence-corrected chi connectivity index (χ1v) is 5.98. The van der Waals surface area contributed by atoms with Crippen molar-refractivity contribution >= 4 is 11.6 Å². The van der Waals surface area contributed by atoms with Crippen molar-refractivity contribution in [3.05, 3.63) is 23.8 Å². The lowest BCUT2D eigenvalue weighted by atomic mass is 10.1. The van der Waals surface area contributed by atoms with Crippen LogP contribution in [0.4, 0.5) is 5.69 Å². The van der Waals surface area contributed by atoms with E-state index in [1.54, 1.807) is 18.2 Å². The van der Waals surface area contributed by atoms with Crippen LogP contribution in [0, 0.1) is 0 Å². The van der Waals surface area contributed by atoms with Gasteiger partial charge in [0.15, 0.2) is 0 Å². The number of aliphatic hydroxyl groups is 1. The van der Waals surface area contributed by atoms with E-state index in [4.69, 9.17) is 10.5 Å². The van der Waals surface area contributed by atoms with Gasteiger partial charge in [-0.2, -0.15) is 0 Å². The third kappa shape index (κ3) is 3.63. The summed E-state index contributed by atoms with van der Waals surface area (Å²) in [6.07, 6.45) is 0.991. The maximum atomic E-state index is 12.0. The van der Waals surface area contributed by atoms with Crippen molar-refractivity contribution in [3.8, 4) is 5.75 Å². The molecule has 100 valence electrons. The lowest BCUT2D eigenvalue weighted by molar-refractivity contribution is 0.0908. The van der Waals surface area contributed by atoms with E-state index in [0.29, 0.717) is 23.4 Å². The predicted octanol–water partition coefficient (Wildman–Crippen LogP) is 1.17. The number of methoxy groups -OCH3 is 1. The van der Waals surface area contributed by atoms with E-state index in [0.717, 1.165) is 6.42 Å². The highest BCUT2D eigenvalue weighted by Gasteiger charge is 2.16. The van der Waals surface area contributed by atoms with E-state index in [-0.39, 0.29) is 12.5 Å². The molecule has 0 heterocycles. The van der Waals surface area contributed by atoms with Crippen molar-refractivity contribution < 1.29 is 14.6 Å². The zero-order valence-corrected chi connectivity index (χ0v) is 10.8. The Balaban J connectivity index is 2.72. The number of aliphatic hydroxyl groups excluding tert-OH is 1. The summed E-state index contributed by atoms with van der Waals surface area (Å²) in [6.45, 7) is 2.19. The molecule has 0 radical (unpaired) electrons. The van der Waals surface area contributed by atoms with Gasteiger partial charge in [-0.25, -0.2) is 0 Å². The Morgan fingerprint density at radius 3 is 2.89 bits per heavy atom. The van der Waals surface area contributed by atoms with E-state index in [1.165, 1.54) is 7.11 Å². The molecule has 1 aromatic carbocycles. The Labute approximate surface area is 107 Å². The zero-order valence-electron chi connectivity index (χ0n) is 10.8. The molecule has 1 rings (SSSR count). The Kier molecular flexibility index (Phi) is 5.45. The first-order chi connectivity index (χ1) is 8.60. The topological polar surface area (TPSA) is 84.6 Å². The molecule has 5 nitrogen and oxygen atoms in total. The monoisotopic (exact) mass is 252 g/mol. The molecule has 0 saturated carbocycles. The number of nitrogen functional groups attached to an aromatic ring is 1. The molecule has 0 fully saturated rings. The van der Waals surface area contributed by atoms with E-state index in [2.05, 4.69) is 5.32 Å². The van der Waals surface area contributed by atoms with Crippen molar-refractivity contribution in [1.29, 1.82) is 0 Å². The molecule has 1 aromatic rings. The van der Waals surface area contributed by atoms with E-state index in [1.807, 2.05) is 6.92 Å². The molecule has 0 spiro atoms. The van der Waals surface area contributed by atoms with Gasteiger partial charge in [0.05, 0.1) is 13.2 Å². The van der Waals surface area contributed by atoms with Crippen LogP contribution < -0.4 is 15.8 Å². The second-order valence-electron chi connectivity index (χ2n) is 4.08. The highest BCUT2D eigenvalue weighted by atomic mass is 16.5. The lowest BCUT2D eigenvalue weighted by Gasteiger charge is -2.13. The number of carbonyl (C=O) groups is 1. The van der Waals surface area contributed by atoms with Gasteiger partial charge in [0.1, 0.15) is 11.3 Å².